The van der Waals surface area contributed by atoms with Gasteiger partial charge in [-0.1, -0.05) is 23.8 Å². The molecule has 0 bridgehead atoms. The summed E-state index contributed by atoms with van der Waals surface area (Å²) in [6.07, 6.45) is 0. The Morgan fingerprint density at radius 2 is 1.69 bits per heavy atom. The first-order valence-corrected chi connectivity index (χ1v) is 9.81. The van der Waals surface area contributed by atoms with Crippen molar-refractivity contribution >= 4 is 21.6 Å². The number of amides is 1. The molecule has 26 heavy (non-hydrogen) atoms. The van der Waals surface area contributed by atoms with E-state index in [1.54, 1.807) is 49.4 Å². The second-order valence-electron chi connectivity index (χ2n) is 6.46. The van der Waals surface area contributed by atoms with Crippen molar-refractivity contribution in [3.05, 3.63) is 59.2 Å². The molecule has 2 aromatic rings. The highest BCUT2D eigenvalue weighted by atomic mass is 32.2. The Balaban J connectivity index is 2.20. The molecule has 140 valence electrons. The molecule has 0 heterocycles. The summed E-state index contributed by atoms with van der Waals surface area (Å²) in [6, 6.07) is 11.6. The maximum Gasteiger partial charge on any atom is 0.261 e. The zero-order valence-electron chi connectivity index (χ0n) is 15.5. The van der Waals surface area contributed by atoms with Crippen LogP contribution in [-0.4, -0.2) is 46.4 Å². The first kappa shape index (κ1) is 19.9. The fourth-order valence-electron chi connectivity index (χ4n) is 2.40. The SMILES string of the molecule is Cc1ccc(S(=O)(=O)Nc2cccc(C(=O)NCCN(C)C)c2C)cc1. The van der Waals surface area contributed by atoms with Crippen LogP contribution in [0.5, 0.6) is 0 Å². The standard InChI is InChI=1S/C19H25N3O3S/c1-14-8-10-16(11-9-14)26(24,25)21-18-7-5-6-17(15(18)2)19(23)20-12-13-22(3)4/h5-11,21H,12-13H2,1-4H3,(H,20,23). The lowest BCUT2D eigenvalue weighted by Crippen LogP contribution is -2.31. The largest absolute Gasteiger partial charge is 0.351 e. The molecular formula is C19H25N3O3S. The zero-order chi connectivity index (χ0) is 19.3. The van der Waals surface area contributed by atoms with Gasteiger partial charge in [0.25, 0.3) is 15.9 Å². The lowest BCUT2D eigenvalue weighted by Gasteiger charge is -2.15. The Hall–Kier alpha value is -2.38. The number of benzene rings is 2. The van der Waals surface area contributed by atoms with Crippen molar-refractivity contribution in [2.75, 3.05) is 31.9 Å². The summed E-state index contributed by atoms with van der Waals surface area (Å²) in [7, 11) is 0.145. The van der Waals surface area contributed by atoms with E-state index in [0.717, 1.165) is 12.1 Å². The second-order valence-corrected chi connectivity index (χ2v) is 8.14. The molecule has 0 aromatic heterocycles. The molecule has 2 rings (SSSR count). The third kappa shape index (κ3) is 5.06. The van der Waals surface area contributed by atoms with Gasteiger partial charge < -0.3 is 10.2 Å². The summed E-state index contributed by atoms with van der Waals surface area (Å²) >= 11 is 0. The van der Waals surface area contributed by atoms with Crippen LogP contribution >= 0.6 is 0 Å². The number of carbonyl (C=O) groups is 1. The molecule has 0 saturated heterocycles. The van der Waals surface area contributed by atoms with Gasteiger partial charge in [0.15, 0.2) is 0 Å². The van der Waals surface area contributed by atoms with Gasteiger partial charge in [-0.3, -0.25) is 9.52 Å². The van der Waals surface area contributed by atoms with Crippen molar-refractivity contribution in [2.24, 2.45) is 0 Å². The van der Waals surface area contributed by atoms with Crippen molar-refractivity contribution in [1.82, 2.24) is 10.2 Å². The van der Waals surface area contributed by atoms with Crippen LogP contribution in [0.4, 0.5) is 5.69 Å². The van der Waals surface area contributed by atoms with Crippen molar-refractivity contribution < 1.29 is 13.2 Å². The van der Waals surface area contributed by atoms with E-state index in [4.69, 9.17) is 0 Å². The number of nitrogens with one attached hydrogen (secondary N) is 2. The topological polar surface area (TPSA) is 78.5 Å². The number of nitrogens with zero attached hydrogens (tertiary/aromatic N) is 1. The molecule has 0 aliphatic heterocycles. The van der Waals surface area contributed by atoms with E-state index in [9.17, 15) is 13.2 Å². The second kappa shape index (κ2) is 8.33. The summed E-state index contributed by atoms with van der Waals surface area (Å²) < 4.78 is 27.7. The highest BCUT2D eigenvalue weighted by molar-refractivity contribution is 7.92. The number of carbonyl (C=O) groups excluding carboxylic acids is 1. The molecule has 0 saturated carbocycles. The number of sulfonamides is 1. The number of rotatable bonds is 7. The number of anilines is 1. The normalized spacial score (nSPS) is 11.4. The van der Waals surface area contributed by atoms with E-state index >= 15 is 0 Å². The van der Waals surface area contributed by atoms with Gasteiger partial charge in [0, 0.05) is 18.7 Å². The maximum atomic E-state index is 12.6. The van der Waals surface area contributed by atoms with Crippen LogP contribution in [0.1, 0.15) is 21.5 Å². The van der Waals surface area contributed by atoms with E-state index in [-0.39, 0.29) is 10.8 Å². The molecule has 2 N–H and O–H groups in total. The molecule has 0 unspecified atom stereocenters. The Kier molecular flexibility index (Phi) is 6.39. The van der Waals surface area contributed by atoms with Crippen LogP contribution in [0, 0.1) is 13.8 Å². The van der Waals surface area contributed by atoms with Crippen LogP contribution in [0.15, 0.2) is 47.4 Å². The Labute approximate surface area is 155 Å². The molecule has 1 amide bonds. The minimum Gasteiger partial charge on any atom is -0.351 e. The van der Waals surface area contributed by atoms with Gasteiger partial charge in [0.2, 0.25) is 0 Å². The average Bonchev–Trinajstić information content (AvgIpc) is 2.56. The van der Waals surface area contributed by atoms with Crippen LogP contribution in [0.3, 0.4) is 0 Å². The van der Waals surface area contributed by atoms with Crippen LogP contribution < -0.4 is 10.0 Å². The molecule has 0 aliphatic carbocycles. The summed E-state index contributed by atoms with van der Waals surface area (Å²) in [5.74, 6) is -0.222. The van der Waals surface area contributed by atoms with E-state index in [1.165, 1.54) is 0 Å². The minimum atomic E-state index is -3.71. The highest BCUT2D eigenvalue weighted by Crippen LogP contribution is 2.22. The molecule has 0 radical (unpaired) electrons. The number of hydrogen-bond acceptors (Lipinski definition) is 4. The van der Waals surface area contributed by atoms with Crippen LogP contribution in [-0.2, 0) is 10.0 Å². The summed E-state index contributed by atoms with van der Waals surface area (Å²) in [6.45, 7) is 4.87. The molecular weight excluding hydrogens is 350 g/mol. The minimum absolute atomic E-state index is 0.184. The van der Waals surface area contributed by atoms with Gasteiger partial charge in [-0.2, -0.15) is 0 Å². The van der Waals surface area contributed by atoms with Gasteiger partial charge in [-0.05, 0) is 57.8 Å². The van der Waals surface area contributed by atoms with Crippen molar-refractivity contribution in [3.8, 4) is 0 Å². The first-order chi connectivity index (χ1) is 12.2. The van der Waals surface area contributed by atoms with Gasteiger partial charge in [0.05, 0.1) is 10.6 Å². The quantitative estimate of drug-likeness (QED) is 0.779. The van der Waals surface area contributed by atoms with E-state index in [1.807, 2.05) is 25.9 Å². The average molecular weight is 375 g/mol. The number of aryl methyl sites for hydroxylation is 1. The highest BCUT2D eigenvalue weighted by Gasteiger charge is 2.17. The zero-order valence-corrected chi connectivity index (χ0v) is 16.4. The van der Waals surface area contributed by atoms with Crippen LogP contribution in [0.2, 0.25) is 0 Å². The molecule has 0 aliphatic rings. The monoisotopic (exact) mass is 375 g/mol. The van der Waals surface area contributed by atoms with Gasteiger partial charge in [-0.25, -0.2) is 8.42 Å². The first-order valence-electron chi connectivity index (χ1n) is 8.33. The van der Waals surface area contributed by atoms with Crippen molar-refractivity contribution in [3.63, 3.8) is 0 Å². The van der Waals surface area contributed by atoms with Gasteiger partial charge in [-0.15, -0.1) is 0 Å². The summed E-state index contributed by atoms with van der Waals surface area (Å²) in [4.78, 5) is 14.5. The Morgan fingerprint density at radius 1 is 1.04 bits per heavy atom. The predicted octanol–water partition coefficient (Wildman–Crippen LogP) is 2.40. The number of hydrogen-bond donors (Lipinski definition) is 2. The Morgan fingerprint density at radius 3 is 2.31 bits per heavy atom. The molecule has 0 atom stereocenters. The summed E-state index contributed by atoms with van der Waals surface area (Å²) in [5.41, 5.74) is 2.42. The fourth-order valence-corrected chi connectivity index (χ4v) is 3.52. The third-order valence-electron chi connectivity index (χ3n) is 4.00. The predicted molar refractivity (Wildman–Crippen MR) is 104 cm³/mol. The van der Waals surface area contributed by atoms with E-state index < -0.39 is 10.0 Å². The third-order valence-corrected chi connectivity index (χ3v) is 5.38. The van der Waals surface area contributed by atoms with Crippen LogP contribution in [0.25, 0.3) is 0 Å². The lowest BCUT2D eigenvalue weighted by atomic mass is 10.1. The fraction of sp³-hybridized carbons (Fsp3) is 0.316. The van der Waals surface area contributed by atoms with Gasteiger partial charge >= 0.3 is 0 Å². The molecule has 2 aromatic carbocycles. The number of likely N-dealkylation sites (N-methyl/N-ethyl adjacent to an activating group) is 1. The molecule has 0 fully saturated rings. The molecule has 6 nitrogen and oxygen atoms in total. The molecule has 0 spiro atoms. The van der Waals surface area contributed by atoms with E-state index in [0.29, 0.717) is 23.4 Å². The molecule has 7 heteroatoms. The van der Waals surface area contributed by atoms with Crippen molar-refractivity contribution in [1.29, 1.82) is 0 Å². The van der Waals surface area contributed by atoms with Crippen molar-refractivity contribution in [2.45, 2.75) is 18.7 Å². The summed E-state index contributed by atoms with van der Waals surface area (Å²) in [5, 5.41) is 2.84. The van der Waals surface area contributed by atoms with Gasteiger partial charge in [0.1, 0.15) is 0 Å². The van der Waals surface area contributed by atoms with E-state index in [2.05, 4.69) is 10.0 Å². The maximum absolute atomic E-state index is 12.6. The lowest BCUT2D eigenvalue weighted by molar-refractivity contribution is 0.0950. The smallest absolute Gasteiger partial charge is 0.261 e. The Bertz CT molecular complexity index is 875.